The second kappa shape index (κ2) is 3.83. The van der Waals surface area contributed by atoms with E-state index in [-0.39, 0.29) is 5.91 Å². The lowest BCUT2D eigenvalue weighted by molar-refractivity contribution is -0.122. The van der Waals surface area contributed by atoms with Gasteiger partial charge in [0.2, 0.25) is 0 Å². The Kier molecular flexibility index (Phi) is 2.19. The number of nitrogens with one attached hydrogen (secondary N) is 2. The summed E-state index contributed by atoms with van der Waals surface area (Å²) in [6.45, 7) is 0. The summed E-state index contributed by atoms with van der Waals surface area (Å²) in [4.78, 5) is 19.4. The van der Waals surface area contributed by atoms with Crippen LogP contribution in [0.4, 0.5) is 0 Å². The molecule has 0 aliphatic carbocycles. The highest BCUT2D eigenvalue weighted by Gasteiger charge is 2.10. The first-order valence-corrected chi connectivity index (χ1v) is 5.26. The molecule has 0 unspecified atom stereocenters. The van der Waals surface area contributed by atoms with E-state index in [4.69, 9.17) is 4.84 Å². The molecule has 0 fully saturated rings. The Morgan fingerprint density at radius 2 is 2.06 bits per heavy atom. The molecule has 1 aromatic heterocycles. The highest BCUT2D eigenvalue weighted by molar-refractivity contribution is 5.92. The van der Waals surface area contributed by atoms with Crippen molar-refractivity contribution in [1.29, 1.82) is 0 Å². The monoisotopic (exact) mass is 226 g/mol. The van der Waals surface area contributed by atoms with Crippen LogP contribution in [-0.2, 0) is 4.79 Å². The minimum Gasteiger partial charge on any atom is -0.379 e. The summed E-state index contributed by atoms with van der Waals surface area (Å²) in [5, 5.41) is 0. The fraction of sp³-hybridized carbons (Fsp3) is 0. The van der Waals surface area contributed by atoms with Crippen molar-refractivity contribution in [1.82, 2.24) is 10.5 Å². The number of carbonyl (C=O) groups excluding carboxylic acids is 1. The molecule has 0 bridgehead atoms. The second-order valence-corrected chi connectivity index (χ2v) is 3.74. The molecule has 1 aromatic carbocycles. The van der Waals surface area contributed by atoms with Gasteiger partial charge in [-0.25, -0.2) is 0 Å². The number of amides is 1. The topological polar surface area (TPSA) is 54.1 Å². The third-order valence-corrected chi connectivity index (χ3v) is 2.59. The summed E-state index contributed by atoms with van der Waals surface area (Å²) in [6, 6.07) is 9.68. The Morgan fingerprint density at radius 1 is 1.12 bits per heavy atom. The van der Waals surface area contributed by atoms with Crippen molar-refractivity contribution in [2.75, 3.05) is 0 Å². The van der Waals surface area contributed by atoms with Gasteiger partial charge in [0.25, 0.3) is 5.91 Å². The highest BCUT2D eigenvalue weighted by atomic mass is 16.7. The molecule has 1 amide bonds. The maximum Gasteiger partial charge on any atom is 0.276 e. The first-order chi connectivity index (χ1) is 8.33. The molecule has 2 N–H and O–H groups in total. The van der Waals surface area contributed by atoms with Crippen LogP contribution in [0.2, 0.25) is 0 Å². The Balaban J connectivity index is 2.06. The van der Waals surface area contributed by atoms with Crippen LogP contribution >= 0.6 is 0 Å². The summed E-state index contributed by atoms with van der Waals surface area (Å²) >= 11 is 0. The van der Waals surface area contributed by atoms with Crippen molar-refractivity contribution in [2.24, 2.45) is 0 Å². The van der Waals surface area contributed by atoms with E-state index in [1.807, 2.05) is 36.5 Å². The number of rotatable bonds is 1. The number of aromatic amines is 1. The number of aromatic nitrogens is 1. The average Bonchev–Trinajstić information content (AvgIpc) is 2.82. The van der Waals surface area contributed by atoms with Gasteiger partial charge in [-0.3, -0.25) is 4.79 Å². The van der Waals surface area contributed by atoms with Crippen LogP contribution in [0.25, 0.3) is 17.3 Å². The maximum atomic E-state index is 11.1. The molecule has 2 aromatic rings. The van der Waals surface area contributed by atoms with Crippen molar-refractivity contribution in [3.8, 4) is 17.0 Å². The third-order valence-electron chi connectivity index (χ3n) is 2.59. The van der Waals surface area contributed by atoms with Gasteiger partial charge in [-0.15, -0.1) is 0 Å². The van der Waals surface area contributed by atoms with Gasteiger partial charge < -0.3 is 9.82 Å². The number of hydrogen-bond donors (Lipinski definition) is 2. The number of fused-ring (bicyclic) bond motifs is 1. The zero-order chi connectivity index (χ0) is 11.7. The van der Waals surface area contributed by atoms with Gasteiger partial charge in [0, 0.05) is 23.5 Å². The van der Waals surface area contributed by atoms with Gasteiger partial charge in [0.15, 0.2) is 5.75 Å². The van der Waals surface area contributed by atoms with Crippen molar-refractivity contribution < 1.29 is 9.63 Å². The summed E-state index contributed by atoms with van der Waals surface area (Å²) in [5.74, 6) is 0.380. The number of hydrogen-bond acceptors (Lipinski definition) is 2. The average molecular weight is 226 g/mol. The van der Waals surface area contributed by atoms with Crippen LogP contribution in [0.1, 0.15) is 5.56 Å². The molecule has 0 saturated carbocycles. The van der Waals surface area contributed by atoms with E-state index >= 15 is 0 Å². The molecule has 1 aliphatic heterocycles. The van der Waals surface area contributed by atoms with Crippen molar-refractivity contribution >= 4 is 12.0 Å². The van der Waals surface area contributed by atoms with Crippen LogP contribution in [-0.4, -0.2) is 10.9 Å². The summed E-state index contributed by atoms with van der Waals surface area (Å²) in [7, 11) is 0. The van der Waals surface area contributed by atoms with Gasteiger partial charge in [-0.1, -0.05) is 0 Å². The number of hydroxylamine groups is 1. The minimum atomic E-state index is -0.261. The molecule has 0 saturated heterocycles. The summed E-state index contributed by atoms with van der Waals surface area (Å²) in [5.41, 5.74) is 5.28. The van der Waals surface area contributed by atoms with Crippen LogP contribution in [0.15, 0.2) is 42.6 Å². The van der Waals surface area contributed by atoms with Crippen molar-refractivity contribution in [2.45, 2.75) is 0 Å². The lowest BCUT2D eigenvalue weighted by atomic mass is 10.1. The SMILES string of the molecule is O=C1C=Cc2cc(-c3ccc[nH]3)ccc2ON1. The standard InChI is InChI=1S/C13H10N2O2/c16-13-6-4-10-8-9(11-2-1-7-14-11)3-5-12(10)17-15-13/h1-8,14H,(H,15,16). The van der Waals surface area contributed by atoms with E-state index in [1.54, 1.807) is 6.08 Å². The Labute approximate surface area is 97.9 Å². The fourth-order valence-corrected chi connectivity index (χ4v) is 1.75. The summed E-state index contributed by atoms with van der Waals surface area (Å²) in [6.07, 6.45) is 5.06. The molecule has 17 heavy (non-hydrogen) atoms. The Bertz CT molecular complexity index is 585. The fourth-order valence-electron chi connectivity index (χ4n) is 1.75. The van der Waals surface area contributed by atoms with E-state index in [2.05, 4.69) is 10.5 Å². The molecule has 0 spiro atoms. The highest BCUT2D eigenvalue weighted by Crippen LogP contribution is 2.27. The van der Waals surface area contributed by atoms with Gasteiger partial charge in [-0.05, 0) is 42.0 Å². The lowest BCUT2D eigenvalue weighted by Gasteiger charge is -2.07. The molecule has 0 radical (unpaired) electrons. The third kappa shape index (κ3) is 1.80. The van der Waals surface area contributed by atoms with Gasteiger partial charge in [0.05, 0.1) is 0 Å². The molecule has 4 nitrogen and oxygen atoms in total. The molecule has 4 heteroatoms. The van der Waals surface area contributed by atoms with Crippen LogP contribution in [0.3, 0.4) is 0 Å². The number of H-pyrrole nitrogens is 1. The number of carbonyl (C=O) groups is 1. The van der Waals surface area contributed by atoms with Crippen molar-refractivity contribution in [3.05, 3.63) is 48.2 Å². The van der Waals surface area contributed by atoms with E-state index < -0.39 is 0 Å². The largest absolute Gasteiger partial charge is 0.379 e. The first kappa shape index (κ1) is 9.72. The normalized spacial score (nSPS) is 13.5. The molecular formula is C13H10N2O2. The lowest BCUT2D eigenvalue weighted by Crippen LogP contribution is -2.23. The molecule has 0 atom stereocenters. The maximum absolute atomic E-state index is 11.1. The Hall–Kier alpha value is -2.49. The van der Waals surface area contributed by atoms with Gasteiger partial charge in [0.1, 0.15) is 0 Å². The predicted molar refractivity (Wildman–Crippen MR) is 64.0 cm³/mol. The van der Waals surface area contributed by atoms with E-state index in [0.717, 1.165) is 16.8 Å². The Morgan fingerprint density at radius 3 is 2.88 bits per heavy atom. The summed E-state index contributed by atoms with van der Waals surface area (Å²) < 4.78 is 0. The molecule has 84 valence electrons. The quantitative estimate of drug-likeness (QED) is 0.782. The zero-order valence-electron chi connectivity index (χ0n) is 8.94. The van der Waals surface area contributed by atoms with E-state index in [0.29, 0.717) is 5.75 Å². The smallest absolute Gasteiger partial charge is 0.276 e. The zero-order valence-corrected chi connectivity index (χ0v) is 8.94. The van der Waals surface area contributed by atoms with Crippen LogP contribution in [0.5, 0.6) is 5.75 Å². The number of benzene rings is 1. The minimum absolute atomic E-state index is 0.261. The molecule has 1 aliphatic rings. The molecular weight excluding hydrogens is 216 g/mol. The van der Waals surface area contributed by atoms with Crippen LogP contribution in [0, 0.1) is 0 Å². The molecule has 2 heterocycles. The van der Waals surface area contributed by atoms with E-state index in [9.17, 15) is 4.79 Å². The first-order valence-electron chi connectivity index (χ1n) is 5.26. The predicted octanol–water partition coefficient (Wildman–Crippen LogP) is 2.12. The van der Waals surface area contributed by atoms with Crippen LogP contribution < -0.4 is 10.3 Å². The van der Waals surface area contributed by atoms with Gasteiger partial charge in [-0.2, -0.15) is 5.48 Å². The van der Waals surface area contributed by atoms with E-state index in [1.165, 1.54) is 6.08 Å². The molecule has 3 rings (SSSR count). The van der Waals surface area contributed by atoms with Crippen molar-refractivity contribution in [3.63, 3.8) is 0 Å². The second-order valence-electron chi connectivity index (χ2n) is 3.74. The van der Waals surface area contributed by atoms with Gasteiger partial charge >= 0.3 is 0 Å².